The van der Waals surface area contributed by atoms with Gasteiger partial charge in [0.25, 0.3) is 0 Å². The van der Waals surface area contributed by atoms with Crippen molar-refractivity contribution < 1.29 is 0 Å². The SMILES string of the molecule is CNc1ncc(Br)c(NCCC(C)c2ccccc2)n1. The summed E-state index contributed by atoms with van der Waals surface area (Å²) < 4.78 is 0.879. The summed E-state index contributed by atoms with van der Waals surface area (Å²) in [6.07, 6.45) is 2.80. The van der Waals surface area contributed by atoms with E-state index in [0.29, 0.717) is 11.9 Å². The number of rotatable bonds is 6. The average Bonchev–Trinajstić information content (AvgIpc) is 2.50. The van der Waals surface area contributed by atoms with Crippen LogP contribution in [0.4, 0.5) is 11.8 Å². The molecule has 0 aliphatic rings. The molecule has 106 valence electrons. The summed E-state index contributed by atoms with van der Waals surface area (Å²) in [5.41, 5.74) is 1.37. The largest absolute Gasteiger partial charge is 0.369 e. The Hall–Kier alpha value is -1.62. The third kappa shape index (κ3) is 3.93. The van der Waals surface area contributed by atoms with E-state index < -0.39 is 0 Å². The van der Waals surface area contributed by atoms with Gasteiger partial charge in [-0.2, -0.15) is 4.98 Å². The molecule has 2 rings (SSSR count). The van der Waals surface area contributed by atoms with Crippen molar-refractivity contribution in [1.29, 1.82) is 0 Å². The van der Waals surface area contributed by atoms with Gasteiger partial charge in [0.05, 0.1) is 4.47 Å². The normalized spacial score (nSPS) is 11.9. The molecule has 0 aliphatic heterocycles. The summed E-state index contributed by atoms with van der Waals surface area (Å²) in [6.45, 7) is 3.11. The summed E-state index contributed by atoms with van der Waals surface area (Å²) in [4.78, 5) is 8.52. The number of anilines is 2. The lowest BCUT2D eigenvalue weighted by atomic mass is 9.98. The van der Waals surface area contributed by atoms with E-state index in [9.17, 15) is 0 Å². The molecule has 0 bridgehead atoms. The molecule has 0 saturated heterocycles. The lowest BCUT2D eigenvalue weighted by Crippen LogP contribution is -2.09. The van der Waals surface area contributed by atoms with Crippen molar-refractivity contribution >= 4 is 27.7 Å². The number of nitrogens with zero attached hydrogens (tertiary/aromatic N) is 2. The van der Waals surface area contributed by atoms with Crippen molar-refractivity contribution in [3.8, 4) is 0 Å². The van der Waals surface area contributed by atoms with E-state index in [-0.39, 0.29) is 0 Å². The first-order chi connectivity index (χ1) is 9.70. The number of hydrogen-bond donors (Lipinski definition) is 2. The monoisotopic (exact) mass is 334 g/mol. The maximum absolute atomic E-state index is 4.38. The Balaban J connectivity index is 1.90. The Morgan fingerprint density at radius 2 is 2.00 bits per heavy atom. The van der Waals surface area contributed by atoms with Gasteiger partial charge in [0.2, 0.25) is 5.95 Å². The van der Waals surface area contributed by atoms with Crippen molar-refractivity contribution in [2.24, 2.45) is 0 Å². The average molecular weight is 335 g/mol. The highest BCUT2D eigenvalue weighted by atomic mass is 79.9. The summed E-state index contributed by atoms with van der Waals surface area (Å²) in [5, 5.41) is 6.29. The molecule has 1 unspecified atom stereocenters. The molecule has 2 N–H and O–H groups in total. The highest BCUT2D eigenvalue weighted by molar-refractivity contribution is 9.10. The molecule has 1 aromatic heterocycles. The van der Waals surface area contributed by atoms with Crippen LogP contribution < -0.4 is 10.6 Å². The zero-order valence-electron chi connectivity index (χ0n) is 11.7. The summed E-state index contributed by atoms with van der Waals surface area (Å²) in [6, 6.07) is 10.6. The predicted octanol–water partition coefficient (Wildman–Crippen LogP) is 3.89. The third-order valence-electron chi connectivity index (χ3n) is 3.21. The zero-order chi connectivity index (χ0) is 14.4. The van der Waals surface area contributed by atoms with E-state index >= 15 is 0 Å². The van der Waals surface area contributed by atoms with Gasteiger partial charge >= 0.3 is 0 Å². The molecule has 2 aromatic rings. The molecule has 0 aliphatic carbocycles. The van der Waals surface area contributed by atoms with Crippen molar-refractivity contribution in [3.05, 3.63) is 46.6 Å². The molecule has 1 atom stereocenters. The standard InChI is InChI=1S/C15H19BrN4/c1-11(12-6-4-3-5-7-12)8-9-18-14-13(16)10-19-15(17-2)20-14/h3-7,10-11H,8-9H2,1-2H3,(H2,17,18,19,20). The first-order valence-electron chi connectivity index (χ1n) is 6.70. The highest BCUT2D eigenvalue weighted by Crippen LogP contribution is 2.22. The van der Waals surface area contributed by atoms with Crippen molar-refractivity contribution in [2.75, 3.05) is 24.2 Å². The number of halogens is 1. The Morgan fingerprint density at radius 1 is 1.25 bits per heavy atom. The molecule has 1 heterocycles. The molecule has 0 radical (unpaired) electrons. The van der Waals surface area contributed by atoms with Gasteiger partial charge in [0, 0.05) is 19.8 Å². The molecular formula is C15H19BrN4. The number of nitrogens with one attached hydrogen (secondary N) is 2. The molecule has 0 amide bonds. The van der Waals surface area contributed by atoms with Crippen LogP contribution in [0.15, 0.2) is 41.0 Å². The Kier molecular flexibility index (Phi) is 5.35. The maximum Gasteiger partial charge on any atom is 0.224 e. The second-order valence-electron chi connectivity index (χ2n) is 4.67. The fraction of sp³-hybridized carbons (Fsp3) is 0.333. The van der Waals surface area contributed by atoms with Gasteiger partial charge in [-0.1, -0.05) is 37.3 Å². The van der Waals surface area contributed by atoms with E-state index in [4.69, 9.17) is 0 Å². The maximum atomic E-state index is 4.38. The molecule has 0 saturated carbocycles. The van der Waals surface area contributed by atoms with Gasteiger partial charge in [-0.3, -0.25) is 0 Å². The molecule has 5 heteroatoms. The molecule has 1 aromatic carbocycles. The lowest BCUT2D eigenvalue weighted by molar-refractivity contribution is 0.704. The molecule has 0 spiro atoms. The third-order valence-corrected chi connectivity index (χ3v) is 3.79. The van der Waals surface area contributed by atoms with Crippen molar-refractivity contribution in [1.82, 2.24) is 9.97 Å². The van der Waals surface area contributed by atoms with E-state index in [2.05, 4.69) is 67.7 Å². The van der Waals surface area contributed by atoms with Crippen LogP contribution in [-0.4, -0.2) is 23.6 Å². The van der Waals surface area contributed by atoms with Crippen LogP contribution in [0.3, 0.4) is 0 Å². The van der Waals surface area contributed by atoms with Gasteiger partial charge in [0.15, 0.2) is 0 Å². The number of hydrogen-bond acceptors (Lipinski definition) is 4. The fourth-order valence-corrected chi connectivity index (χ4v) is 2.30. The van der Waals surface area contributed by atoms with Crippen molar-refractivity contribution in [3.63, 3.8) is 0 Å². The topological polar surface area (TPSA) is 49.8 Å². The van der Waals surface area contributed by atoms with Gasteiger partial charge in [-0.15, -0.1) is 0 Å². The molecule has 20 heavy (non-hydrogen) atoms. The summed E-state index contributed by atoms with van der Waals surface area (Å²) in [7, 11) is 1.81. The Bertz CT molecular complexity index is 545. The fourth-order valence-electron chi connectivity index (χ4n) is 1.97. The van der Waals surface area contributed by atoms with Gasteiger partial charge in [0.1, 0.15) is 5.82 Å². The second kappa shape index (κ2) is 7.24. The molecule has 4 nitrogen and oxygen atoms in total. The molecule has 0 fully saturated rings. The summed E-state index contributed by atoms with van der Waals surface area (Å²) in [5.74, 6) is 1.96. The minimum absolute atomic E-state index is 0.521. The van der Waals surface area contributed by atoms with Crippen LogP contribution in [0.5, 0.6) is 0 Å². The van der Waals surface area contributed by atoms with Crippen LogP contribution in [0, 0.1) is 0 Å². The van der Waals surface area contributed by atoms with E-state index in [1.54, 1.807) is 6.20 Å². The van der Waals surface area contributed by atoms with E-state index in [1.807, 2.05) is 13.1 Å². The minimum atomic E-state index is 0.521. The first-order valence-corrected chi connectivity index (χ1v) is 7.49. The van der Waals surface area contributed by atoms with E-state index in [1.165, 1.54) is 5.56 Å². The van der Waals surface area contributed by atoms with Crippen LogP contribution in [0.1, 0.15) is 24.8 Å². The van der Waals surface area contributed by atoms with Crippen LogP contribution >= 0.6 is 15.9 Å². The second-order valence-corrected chi connectivity index (χ2v) is 5.52. The minimum Gasteiger partial charge on any atom is -0.369 e. The zero-order valence-corrected chi connectivity index (χ0v) is 13.3. The predicted molar refractivity (Wildman–Crippen MR) is 87.2 cm³/mol. The lowest BCUT2D eigenvalue weighted by Gasteiger charge is -2.13. The number of aromatic nitrogens is 2. The van der Waals surface area contributed by atoms with Gasteiger partial charge in [-0.25, -0.2) is 4.98 Å². The van der Waals surface area contributed by atoms with Crippen LogP contribution in [0.25, 0.3) is 0 Å². The number of benzene rings is 1. The van der Waals surface area contributed by atoms with Gasteiger partial charge in [-0.05, 0) is 33.8 Å². The molecular weight excluding hydrogens is 316 g/mol. The quantitative estimate of drug-likeness (QED) is 0.841. The van der Waals surface area contributed by atoms with E-state index in [0.717, 1.165) is 23.3 Å². The van der Waals surface area contributed by atoms with Crippen LogP contribution in [-0.2, 0) is 0 Å². The Morgan fingerprint density at radius 3 is 2.70 bits per heavy atom. The van der Waals surface area contributed by atoms with Crippen molar-refractivity contribution in [2.45, 2.75) is 19.3 Å². The van der Waals surface area contributed by atoms with Gasteiger partial charge < -0.3 is 10.6 Å². The van der Waals surface area contributed by atoms with Crippen LogP contribution in [0.2, 0.25) is 0 Å². The smallest absolute Gasteiger partial charge is 0.224 e. The first kappa shape index (κ1) is 14.8. The highest BCUT2D eigenvalue weighted by Gasteiger charge is 2.07. The summed E-state index contributed by atoms with van der Waals surface area (Å²) >= 11 is 3.46. The Labute approximate surface area is 128 Å².